The van der Waals surface area contributed by atoms with Gasteiger partial charge in [-0.2, -0.15) is 0 Å². The van der Waals surface area contributed by atoms with Crippen LogP contribution in [0.3, 0.4) is 0 Å². The molecule has 0 radical (unpaired) electrons. The number of allylic oxidation sites excluding steroid dienone is 2. The second-order valence-electron chi connectivity index (χ2n) is 7.59. The van der Waals surface area contributed by atoms with E-state index in [0.29, 0.717) is 5.92 Å². The maximum absolute atomic E-state index is 12.1. The van der Waals surface area contributed by atoms with Crippen molar-refractivity contribution in [1.29, 1.82) is 0 Å². The van der Waals surface area contributed by atoms with Crippen molar-refractivity contribution in [2.45, 2.75) is 51.2 Å². The van der Waals surface area contributed by atoms with Crippen molar-refractivity contribution in [3.8, 4) is 0 Å². The molecule has 1 saturated heterocycles. The third-order valence-electron chi connectivity index (χ3n) is 4.52. The van der Waals surface area contributed by atoms with Crippen molar-refractivity contribution in [2.24, 2.45) is 0 Å². The Morgan fingerprint density at radius 2 is 1.92 bits per heavy atom. The molecule has 6 nitrogen and oxygen atoms in total. The van der Waals surface area contributed by atoms with Gasteiger partial charge in [-0.3, -0.25) is 0 Å². The predicted octanol–water partition coefficient (Wildman–Crippen LogP) is 2.97. The molecule has 0 N–H and O–H groups in total. The van der Waals surface area contributed by atoms with Gasteiger partial charge in [0.2, 0.25) is 0 Å². The summed E-state index contributed by atoms with van der Waals surface area (Å²) in [5, 5.41) is 0. The molecule has 1 amide bonds. The fourth-order valence-corrected chi connectivity index (χ4v) is 2.99. The van der Waals surface area contributed by atoms with Crippen molar-refractivity contribution >= 4 is 11.9 Å². The molecular formula is C18H26N4O2. The van der Waals surface area contributed by atoms with E-state index in [1.807, 2.05) is 20.8 Å². The van der Waals surface area contributed by atoms with Gasteiger partial charge in [-0.1, -0.05) is 12.2 Å². The number of hydrogen-bond donors (Lipinski definition) is 0. The minimum atomic E-state index is -0.467. The molecule has 1 aromatic heterocycles. The van der Waals surface area contributed by atoms with Crippen LogP contribution in [0.4, 0.5) is 10.6 Å². The first-order chi connectivity index (χ1) is 11.3. The van der Waals surface area contributed by atoms with Gasteiger partial charge in [0.15, 0.2) is 0 Å². The molecule has 2 aliphatic rings. The van der Waals surface area contributed by atoms with Gasteiger partial charge in [0.25, 0.3) is 0 Å². The standard InChI is InChI=1S/C18H26N4O2/c1-18(2,3)24-17(23)21(4)14-10-22(11-14)16-9-15(19-12-20-16)13-7-5-6-8-13/h5-6,9,12-14H,7-8,10-11H2,1-4H3. The largest absolute Gasteiger partial charge is 0.444 e. The summed E-state index contributed by atoms with van der Waals surface area (Å²) in [6.07, 6.45) is 7.91. The van der Waals surface area contributed by atoms with Crippen molar-refractivity contribution in [1.82, 2.24) is 14.9 Å². The Hall–Kier alpha value is -2.11. The average molecular weight is 330 g/mol. The van der Waals surface area contributed by atoms with Crippen molar-refractivity contribution in [3.63, 3.8) is 0 Å². The van der Waals surface area contributed by atoms with Gasteiger partial charge in [-0.15, -0.1) is 0 Å². The summed E-state index contributed by atoms with van der Waals surface area (Å²) in [7, 11) is 1.80. The van der Waals surface area contributed by atoms with E-state index in [9.17, 15) is 4.79 Å². The SMILES string of the molecule is CN(C(=O)OC(C)(C)C)C1CN(c2cc(C3CC=CC3)ncn2)C1. The van der Waals surface area contributed by atoms with Crippen LogP contribution >= 0.6 is 0 Å². The monoisotopic (exact) mass is 330 g/mol. The Balaban J connectivity index is 1.56. The quantitative estimate of drug-likeness (QED) is 0.798. The van der Waals surface area contributed by atoms with Crippen LogP contribution in [0.5, 0.6) is 0 Å². The summed E-state index contributed by atoms with van der Waals surface area (Å²) in [4.78, 5) is 24.8. The Kier molecular flexibility index (Phi) is 4.47. The van der Waals surface area contributed by atoms with Gasteiger partial charge in [0.1, 0.15) is 17.7 Å². The Labute approximate surface area is 143 Å². The van der Waals surface area contributed by atoms with Gasteiger partial charge < -0.3 is 14.5 Å². The van der Waals surface area contributed by atoms with Crippen LogP contribution in [0.25, 0.3) is 0 Å². The molecule has 0 unspecified atom stereocenters. The summed E-state index contributed by atoms with van der Waals surface area (Å²) < 4.78 is 5.42. The van der Waals surface area contributed by atoms with Crippen LogP contribution in [-0.2, 0) is 4.74 Å². The van der Waals surface area contributed by atoms with Crippen molar-refractivity contribution in [3.05, 3.63) is 30.2 Å². The number of carbonyl (C=O) groups excluding carboxylic acids is 1. The Morgan fingerprint density at radius 1 is 1.25 bits per heavy atom. The lowest BCUT2D eigenvalue weighted by atomic mass is 10.0. The van der Waals surface area contributed by atoms with E-state index >= 15 is 0 Å². The molecular weight excluding hydrogens is 304 g/mol. The normalized spacial score (nSPS) is 18.6. The second-order valence-corrected chi connectivity index (χ2v) is 7.59. The van der Waals surface area contributed by atoms with Gasteiger partial charge in [-0.25, -0.2) is 14.8 Å². The predicted molar refractivity (Wildman–Crippen MR) is 93.1 cm³/mol. The Bertz CT molecular complexity index is 624. The van der Waals surface area contributed by atoms with Crippen LogP contribution < -0.4 is 4.90 Å². The molecule has 6 heteroatoms. The smallest absolute Gasteiger partial charge is 0.410 e. The first-order valence-electron chi connectivity index (χ1n) is 8.51. The highest BCUT2D eigenvalue weighted by molar-refractivity contribution is 5.69. The maximum atomic E-state index is 12.1. The molecule has 1 aliphatic heterocycles. The van der Waals surface area contributed by atoms with E-state index in [0.717, 1.165) is 37.4 Å². The van der Waals surface area contributed by atoms with Gasteiger partial charge in [-0.05, 0) is 33.6 Å². The lowest BCUT2D eigenvalue weighted by molar-refractivity contribution is 0.0196. The minimum absolute atomic E-state index is 0.159. The highest BCUT2D eigenvalue weighted by Gasteiger charge is 2.35. The van der Waals surface area contributed by atoms with Crippen molar-refractivity contribution < 1.29 is 9.53 Å². The third kappa shape index (κ3) is 3.68. The Morgan fingerprint density at radius 3 is 2.54 bits per heavy atom. The lowest BCUT2D eigenvalue weighted by Gasteiger charge is -2.44. The zero-order valence-corrected chi connectivity index (χ0v) is 14.9. The molecule has 1 aromatic rings. The molecule has 3 rings (SSSR count). The fraction of sp³-hybridized carbons (Fsp3) is 0.611. The second kappa shape index (κ2) is 6.42. The third-order valence-corrected chi connectivity index (χ3v) is 4.52. The number of ether oxygens (including phenoxy) is 1. The summed E-state index contributed by atoms with van der Waals surface area (Å²) in [6, 6.07) is 2.24. The molecule has 0 bridgehead atoms. The van der Waals surface area contributed by atoms with E-state index < -0.39 is 5.60 Å². The molecule has 0 saturated carbocycles. The highest BCUT2D eigenvalue weighted by Crippen LogP contribution is 2.30. The van der Waals surface area contributed by atoms with Crippen LogP contribution in [-0.4, -0.2) is 52.7 Å². The van der Waals surface area contributed by atoms with E-state index in [1.54, 1.807) is 18.3 Å². The number of likely N-dealkylation sites (N-methyl/N-ethyl adjacent to an activating group) is 1. The van der Waals surface area contributed by atoms with Crippen LogP contribution in [0.15, 0.2) is 24.5 Å². The zero-order valence-electron chi connectivity index (χ0n) is 14.9. The van der Waals surface area contributed by atoms with Crippen molar-refractivity contribution in [2.75, 3.05) is 25.0 Å². The molecule has 0 aromatic carbocycles. The number of hydrogen-bond acceptors (Lipinski definition) is 5. The first kappa shape index (κ1) is 16.7. The molecule has 1 aliphatic carbocycles. The molecule has 0 spiro atoms. The molecule has 2 heterocycles. The minimum Gasteiger partial charge on any atom is -0.444 e. The number of carbonyl (C=O) groups is 1. The first-order valence-corrected chi connectivity index (χ1v) is 8.51. The zero-order chi connectivity index (χ0) is 17.3. The highest BCUT2D eigenvalue weighted by atomic mass is 16.6. The number of rotatable bonds is 3. The summed E-state index contributed by atoms with van der Waals surface area (Å²) in [6.45, 7) is 7.19. The van der Waals surface area contributed by atoms with E-state index in [2.05, 4.69) is 33.1 Å². The van der Waals surface area contributed by atoms with Gasteiger partial charge >= 0.3 is 6.09 Å². The van der Waals surface area contributed by atoms with E-state index in [4.69, 9.17) is 4.74 Å². The fourth-order valence-electron chi connectivity index (χ4n) is 2.99. The maximum Gasteiger partial charge on any atom is 0.410 e. The number of nitrogens with zero attached hydrogens (tertiary/aromatic N) is 4. The topological polar surface area (TPSA) is 58.6 Å². The summed E-state index contributed by atoms with van der Waals surface area (Å²) in [5.74, 6) is 1.42. The van der Waals surface area contributed by atoms with E-state index in [1.165, 1.54) is 0 Å². The summed E-state index contributed by atoms with van der Waals surface area (Å²) in [5.41, 5.74) is 0.639. The average Bonchev–Trinajstić information content (AvgIpc) is 2.98. The number of anilines is 1. The summed E-state index contributed by atoms with van der Waals surface area (Å²) >= 11 is 0. The van der Waals surface area contributed by atoms with Gasteiger partial charge in [0.05, 0.1) is 6.04 Å². The molecule has 0 atom stereocenters. The number of aromatic nitrogens is 2. The number of amides is 1. The van der Waals surface area contributed by atoms with Crippen LogP contribution in [0.2, 0.25) is 0 Å². The van der Waals surface area contributed by atoms with E-state index in [-0.39, 0.29) is 12.1 Å². The molecule has 130 valence electrons. The van der Waals surface area contributed by atoms with Gasteiger partial charge in [0, 0.05) is 37.8 Å². The molecule has 1 fully saturated rings. The molecule has 24 heavy (non-hydrogen) atoms. The van der Waals surface area contributed by atoms with Crippen LogP contribution in [0, 0.1) is 0 Å². The lowest BCUT2D eigenvalue weighted by Crippen LogP contribution is -2.60. The van der Waals surface area contributed by atoms with Crippen LogP contribution in [0.1, 0.15) is 45.2 Å².